The van der Waals surface area contributed by atoms with Gasteiger partial charge in [0, 0.05) is 12.2 Å². The summed E-state index contributed by atoms with van der Waals surface area (Å²) >= 11 is 0. The molecule has 0 bridgehead atoms. The molecule has 2 aliphatic rings. The monoisotopic (exact) mass is 389 g/mol. The fraction of sp³-hybridized carbons (Fsp3) is 0.261. The molecule has 148 valence electrons. The highest BCUT2D eigenvalue weighted by molar-refractivity contribution is 6.11. The number of fused-ring (bicyclic) bond motifs is 2. The van der Waals surface area contributed by atoms with Crippen molar-refractivity contribution >= 4 is 23.5 Å². The highest BCUT2D eigenvalue weighted by Crippen LogP contribution is 2.39. The SMILES string of the molecule is C=CCN(C(=O)CN1C(=O)N[C@@]2(CCCc3ccccc32)C1=O)c1ccccc1. The molecule has 4 amide bonds. The Bertz CT molecular complexity index is 972. The summed E-state index contributed by atoms with van der Waals surface area (Å²) in [6, 6.07) is 16.3. The Kier molecular flexibility index (Phi) is 4.92. The molecule has 1 fully saturated rings. The van der Waals surface area contributed by atoms with E-state index in [1.165, 1.54) is 4.90 Å². The molecule has 1 saturated heterocycles. The van der Waals surface area contributed by atoms with Gasteiger partial charge in [0.2, 0.25) is 5.91 Å². The van der Waals surface area contributed by atoms with Gasteiger partial charge in [0.05, 0.1) is 0 Å². The van der Waals surface area contributed by atoms with Crippen LogP contribution in [0.25, 0.3) is 0 Å². The Labute approximate surface area is 169 Å². The first kappa shape index (κ1) is 18.9. The van der Waals surface area contributed by atoms with Gasteiger partial charge in [-0.15, -0.1) is 6.58 Å². The second-order valence-electron chi connectivity index (χ2n) is 7.37. The molecule has 1 N–H and O–H groups in total. The summed E-state index contributed by atoms with van der Waals surface area (Å²) in [5.41, 5.74) is 1.54. The van der Waals surface area contributed by atoms with Gasteiger partial charge < -0.3 is 10.2 Å². The molecule has 0 saturated carbocycles. The maximum Gasteiger partial charge on any atom is 0.325 e. The third kappa shape index (κ3) is 3.20. The van der Waals surface area contributed by atoms with Crippen LogP contribution in [0.15, 0.2) is 67.3 Å². The number of nitrogens with zero attached hydrogens (tertiary/aromatic N) is 2. The average molecular weight is 389 g/mol. The number of aryl methyl sites for hydroxylation is 1. The van der Waals surface area contributed by atoms with E-state index in [0.717, 1.165) is 28.9 Å². The molecule has 29 heavy (non-hydrogen) atoms. The molecule has 0 unspecified atom stereocenters. The molecule has 6 nitrogen and oxygen atoms in total. The van der Waals surface area contributed by atoms with E-state index in [4.69, 9.17) is 0 Å². The van der Waals surface area contributed by atoms with Crippen molar-refractivity contribution in [2.45, 2.75) is 24.8 Å². The second kappa shape index (κ2) is 7.54. The highest BCUT2D eigenvalue weighted by Gasteiger charge is 2.54. The number of anilines is 1. The molecule has 2 aromatic rings. The van der Waals surface area contributed by atoms with E-state index in [9.17, 15) is 14.4 Å². The number of rotatable bonds is 5. The summed E-state index contributed by atoms with van der Waals surface area (Å²) in [6.07, 6.45) is 3.84. The lowest BCUT2D eigenvalue weighted by Crippen LogP contribution is -2.47. The minimum absolute atomic E-state index is 0.292. The molecule has 1 heterocycles. The van der Waals surface area contributed by atoms with Crippen LogP contribution in [0.2, 0.25) is 0 Å². The number of hydrogen-bond donors (Lipinski definition) is 1. The third-order valence-electron chi connectivity index (χ3n) is 5.62. The van der Waals surface area contributed by atoms with E-state index in [2.05, 4.69) is 11.9 Å². The Balaban J connectivity index is 1.60. The van der Waals surface area contributed by atoms with E-state index in [-0.39, 0.29) is 18.4 Å². The van der Waals surface area contributed by atoms with Crippen molar-refractivity contribution < 1.29 is 14.4 Å². The van der Waals surface area contributed by atoms with Gasteiger partial charge in [-0.2, -0.15) is 0 Å². The van der Waals surface area contributed by atoms with Gasteiger partial charge in [-0.3, -0.25) is 14.5 Å². The summed E-state index contributed by atoms with van der Waals surface area (Å²) in [6.45, 7) is 3.69. The summed E-state index contributed by atoms with van der Waals surface area (Å²) in [7, 11) is 0. The number of carbonyl (C=O) groups is 3. The molecule has 4 rings (SSSR count). The van der Waals surface area contributed by atoms with Crippen LogP contribution in [0.1, 0.15) is 24.0 Å². The second-order valence-corrected chi connectivity index (χ2v) is 7.37. The molecule has 1 aliphatic carbocycles. The molecule has 1 spiro atoms. The highest BCUT2D eigenvalue weighted by atomic mass is 16.2. The zero-order chi connectivity index (χ0) is 20.4. The topological polar surface area (TPSA) is 69.7 Å². The Hall–Kier alpha value is -3.41. The molecule has 0 radical (unpaired) electrons. The number of urea groups is 1. The molecular formula is C23H23N3O3. The van der Waals surface area contributed by atoms with Crippen LogP contribution in [0, 0.1) is 0 Å². The zero-order valence-electron chi connectivity index (χ0n) is 16.1. The van der Waals surface area contributed by atoms with Gasteiger partial charge in [0.15, 0.2) is 0 Å². The largest absolute Gasteiger partial charge is 0.325 e. The first-order valence-electron chi connectivity index (χ1n) is 9.75. The van der Waals surface area contributed by atoms with E-state index in [1.54, 1.807) is 6.08 Å². The predicted octanol–water partition coefficient (Wildman–Crippen LogP) is 2.99. The third-order valence-corrected chi connectivity index (χ3v) is 5.62. The van der Waals surface area contributed by atoms with Crippen molar-refractivity contribution in [3.63, 3.8) is 0 Å². The first-order valence-corrected chi connectivity index (χ1v) is 9.75. The van der Waals surface area contributed by atoms with Crippen LogP contribution in [0.5, 0.6) is 0 Å². The lowest BCUT2D eigenvalue weighted by Gasteiger charge is -2.33. The summed E-state index contributed by atoms with van der Waals surface area (Å²) < 4.78 is 0. The zero-order valence-corrected chi connectivity index (χ0v) is 16.1. The lowest BCUT2D eigenvalue weighted by molar-refractivity contribution is -0.135. The summed E-state index contributed by atoms with van der Waals surface area (Å²) in [5, 5.41) is 2.89. The molecule has 6 heteroatoms. The first-order chi connectivity index (χ1) is 14.1. The minimum Gasteiger partial charge on any atom is -0.319 e. The van der Waals surface area contributed by atoms with Gasteiger partial charge in [0.25, 0.3) is 5.91 Å². The average Bonchev–Trinajstić information content (AvgIpc) is 2.97. The number of amides is 4. The number of nitrogens with one attached hydrogen (secondary N) is 1. The summed E-state index contributed by atoms with van der Waals surface area (Å²) in [5.74, 6) is -0.685. The Morgan fingerprint density at radius 3 is 2.62 bits per heavy atom. The molecule has 1 atom stereocenters. The van der Waals surface area contributed by atoms with Crippen molar-refractivity contribution in [3.8, 4) is 0 Å². The van der Waals surface area contributed by atoms with Crippen LogP contribution in [-0.2, 0) is 21.5 Å². The number of para-hydroxylation sites is 1. The number of carbonyl (C=O) groups excluding carboxylic acids is 3. The van der Waals surface area contributed by atoms with Crippen molar-refractivity contribution in [2.75, 3.05) is 18.0 Å². The van der Waals surface area contributed by atoms with Crippen LogP contribution in [0.4, 0.5) is 10.5 Å². The van der Waals surface area contributed by atoms with E-state index in [1.807, 2.05) is 54.6 Å². The minimum atomic E-state index is -1.07. The van der Waals surface area contributed by atoms with E-state index < -0.39 is 11.6 Å². The fourth-order valence-electron chi connectivity index (χ4n) is 4.26. The van der Waals surface area contributed by atoms with Gasteiger partial charge in [-0.05, 0) is 42.5 Å². The Morgan fingerprint density at radius 2 is 1.86 bits per heavy atom. The van der Waals surface area contributed by atoms with Crippen LogP contribution >= 0.6 is 0 Å². The predicted molar refractivity (Wildman–Crippen MR) is 110 cm³/mol. The van der Waals surface area contributed by atoms with Crippen molar-refractivity contribution in [1.82, 2.24) is 10.2 Å². The molecule has 0 aromatic heterocycles. The summed E-state index contributed by atoms with van der Waals surface area (Å²) in [4.78, 5) is 41.7. The maximum absolute atomic E-state index is 13.4. The molecular weight excluding hydrogens is 366 g/mol. The van der Waals surface area contributed by atoms with E-state index in [0.29, 0.717) is 18.7 Å². The van der Waals surface area contributed by atoms with Gasteiger partial charge in [-0.25, -0.2) is 4.79 Å². The molecule has 2 aromatic carbocycles. The Morgan fingerprint density at radius 1 is 1.14 bits per heavy atom. The normalized spacial score (nSPS) is 20.3. The number of imide groups is 1. The molecule has 1 aliphatic heterocycles. The van der Waals surface area contributed by atoms with Gasteiger partial charge in [-0.1, -0.05) is 48.5 Å². The standard InChI is InChI=1S/C23H23N3O3/c1-2-15-25(18-11-4-3-5-12-18)20(27)16-26-21(28)23(24-22(26)29)14-8-10-17-9-6-7-13-19(17)23/h2-7,9,11-13H,1,8,10,14-16H2,(H,24,29)/t23-/m1/s1. The van der Waals surface area contributed by atoms with E-state index >= 15 is 0 Å². The van der Waals surface area contributed by atoms with Crippen LogP contribution in [-0.4, -0.2) is 35.8 Å². The van der Waals surface area contributed by atoms with Gasteiger partial charge in [0.1, 0.15) is 12.1 Å². The van der Waals surface area contributed by atoms with Crippen molar-refractivity contribution in [3.05, 3.63) is 78.4 Å². The number of benzene rings is 2. The maximum atomic E-state index is 13.4. The van der Waals surface area contributed by atoms with Crippen molar-refractivity contribution in [2.24, 2.45) is 0 Å². The lowest BCUT2D eigenvalue weighted by atomic mass is 9.76. The van der Waals surface area contributed by atoms with Crippen LogP contribution in [0.3, 0.4) is 0 Å². The smallest absolute Gasteiger partial charge is 0.319 e. The van der Waals surface area contributed by atoms with Crippen LogP contribution < -0.4 is 10.2 Å². The fourth-order valence-corrected chi connectivity index (χ4v) is 4.26. The number of hydrogen-bond acceptors (Lipinski definition) is 3. The quantitative estimate of drug-likeness (QED) is 0.631. The van der Waals surface area contributed by atoms with Crippen molar-refractivity contribution in [1.29, 1.82) is 0 Å². The van der Waals surface area contributed by atoms with Gasteiger partial charge >= 0.3 is 6.03 Å².